The molecular weight excluding hydrogens is 248 g/mol. The predicted molar refractivity (Wildman–Crippen MR) is 85.0 cm³/mol. The minimum Gasteiger partial charge on any atom is -0.382 e. The number of hydrogen-bond donors (Lipinski definition) is 1. The van der Waals surface area contributed by atoms with E-state index in [0.717, 1.165) is 32.7 Å². The predicted octanol–water partition coefficient (Wildman–Crippen LogP) is 3.57. The van der Waals surface area contributed by atoms with Gasteiger partial charge in [-0.1, -0.05) is 26.0 Å². The van der Waals surface area contributed by atoms with Crippen molar-refractivity contribution in [1.29, 1.82) is 0 Å². The van der Waals surface area contributed by atoms with Crippen LogP contribution >= 0.6 is 0 Å². The molecule has 1 aromatic heterocycles. The van der Waals surface area contributed by atoms with Gasteiger partial charge in [0.2, 0.25) is 0 Å². The average Bonchev–Trinajstić information content (AvgIpc) is 2.85. The highest BCUT2D eigenvalue weighted by Gasteiger charge is 2.05. The summed E-state index contributed by atoms with van der Waals surface area (Å²) in [6.45, 7) is 9.99. The minimum absolute atomic E-state index is 0.513. The van der Waals surface area contributed by atoms with E-state index in [2.05, 4.69) is 54.2 Å². The van der Waals surface area contributed by atoms with Gasteiger partial charge in [0.15, 0.2) is 0 Å². The zero-order chi connectivity index (χ0) is 14.4. The Morgan fingerprint density at radius 3 is 2.85 bits per heavy atom. The van der Waals surface area contributed by atoms with Gasteiger partial charge in [-0.05, 0) is 31.0 Å². The first kappa shape index (κ1) is 15.1. The SMILES string of the molecule is CCOCCCn1ccc2c(CNC(C)C)cccc21. The lowest BCUT2D eigenvalue weighted by Crippen LogP contribution is -2.21. The molecule has 0 aliphatic heterocycles. The Hall–Kier alpha value is -1.32. The summed E-state index contributed by atoms with van der Waals surface area (Å²) in [6, 6.07) is 9.31. The number of ether oxygens (including phenoxy) is 1. The van der Waals surface area contributed by atoms with Crippen molar-refractivity contribution < 1.29 is 4.74 Å². The van der Waals surface area contributed by atoms with Crippen LogP contribution < -0.4 is 5.32 Å². The third-order valence-corrected chi connectivity index (χ3v) is 3.50. The lowest BCUT2D eigenvalue weighted by molar-refractivity contribution is 0.142. The maximum atomic E-state index is 5.41. The van der Waals surface area contributed by atoms with Gasteiger partial charge in [0.25, 0.3) is 0 Å². The summed E-state index contributed by atoms with van der Waals surface area (Å²) in [4.78, 5) is 0. The van der Waals surface area contributed by atoms with Gasteiger partial charge in [-0.25, -0.2) is 0 Å². The van der Waals surface area contributed by atoms with Crippen molar-refractivity contribution in [3.8, 4) is 0 Å². The van der Waals surface area contributed by atoms with Crippen LogP contribution in [0.25, 0.3) is 10.9 Å². The van der Waals surface area contributed by atoms with Crippen molar-refractivity contribution in [2.75, 3.05) is 13.2 Å². The number of aryl methyl sites for hydroxylation is 1. The molecule has 0 bridgehead atoms. The molecule has 0 aliphatic carbocycles. The van der Waals surface area contributed by atoms with Crippen LogP contribution in [0, 0.1) is 0 Å². The maximum Gasteiger partial charge on any atom is 0.0483 e. The van der Waals surface area contributed by atoms with Gasteiger partial charge >= 0.3 is 0 Å². The third-order valence-electron chi connectivity index (χ3n) is 3.50. The first-order valence-corrected chi connectivity index (χ1v) is 7.60. The van der Waals surface area contributed by atoms with Gasteiger partial charge in [0, 0.05) is 49.4 Å². The van der Waals surface area contributed by atoms with Crippen LogP contribution in [0.3, 0.4) is 0 Å². The van der Waals surface area contributed by atoms with E-state index in [-0.39, 0.29) is 0 Å². The van der Waals surface area contributed by atoms with Crippen molar-refractivity contribution in [2.45, 2.75) is 46.3 Å². The Balaban J connectivity index is 2.08. The van der Waals surface area contributed by atoms with E-state index in [1.54, 1.807) is 0 Å². The fourth-order valence-electron chi connectivity index (χ4n) is 2.43. The lowest BCUT2D eigenvalue weighted by atomic mass is 10.1. The molecule has 0 amide bonds. The van der Waals surface area contributed by atoms with E-state index in [1.807, 2.05) is 6.92 Å². The quantitative estimate of drug-likeness (QED) is 0.745. The molecule has 0 aliphatic rings. The Bertz CT molecular complexity index is 531. The summed E-state index contributed by atoms with van der Waals surface area (Å²) in [6.07, 6.45) is 3.25. The number of aromatic nitrogens is 1. The van der Waals surface area contributed by atoms with Gasteiger partial charge in [-0.3, -0.25) is 0 Å². The maximum absolute atomic E-state index is 5.41. The summed E-state index contributed by atoms with van der Waals surface area (Å²) in [5, 5.41) is 4.85. The highest BCUT2D eigenvalue weighted by Crippen LogP contribution is 2.20. The molecule has 0 fully saturated rings. The number of hydrogen-bond acceptors (Lipinski definition) is 2. The molecule has 110 valence electrons. The summed E-state index contributed by atoms with van der Waals surface area (Å²) in [5.74, 6) is 0. The van der Waals surface area contributed by atoms with E-state index in [1.165, 1.54) is 16.5 Å². The molecule has 20 heavy (non-hydrogen) atoms. The second-order valence-electron chi connectivity index (χ2n) is 5.45. The molecule has 0 saturated heterocycles. The average molecular weight is 274 g/mol. The molecule has 0 spiro atoms. The highest BCUT2D eigenvalue weighted by molar-refractivity contribution is 5.83. The van der Waals surface area contributed by atoms with Crippen LogP contribution in [0.15, 0.2) is 30.5 Å². The van der Waals surface area contributed by atoms with Gasteiger partial charge in [-0.15, -0.1) is 0 Å². The van der Waals surface area contributed by atoms with Gasteiger partial charge in [-0.2, -0.15) is 0 Å². The fraction of sp³-hybridized carbons (Fsp3) is 0.529. The van der Waals surface area contributed by atoms with E-state index in [0.29, 0.717) is 6.04 Å². The molecule has 2 aromatic rings. The van der Waals surface area contributed by atoms with Crippen LogP contribution in [0.5, 0.6) is 0 Å². The van der Waals surface area contributed by atoms with E-state index in [4.69, 9.17) is 4.74 Å². The summed E-state index contributed by atoms with van der Waals surface area (Å²) in [7, 11) is 0. The van der Waals surface area contributed by atoms with E-state index < -0.39 is 0 Å². The van der Waals surface area contributed by atoms with Gasteiger partial charge in [0.05, 0.1) is 0 Å². The van der Waals surface area contributed by atoms with E-state index in [9.17, 15) is 0 Å². The standard InChI is InChI=1S/C17H26N2O/c1-4-20-12-6-10-19-11-9-16-15(13-18-14(2)3)7-5-8-17(16)19/h5,7-9,11,14,18H,4,6,10,12-13H2,1-3H3. The largest absolute Gasteiger partial charge is 0.382 e. The number of nitrogens with one attached hydrogen (secondary N) is 1. The Labute approximate surface area is 121 Å². The van der Waals surface area contributed by atoms with Crippen LogP contribution in [-0.2, 0) is 17.8 Å². The molecule has 1 N–H and O–H groups in total. The summed E-state index contributed by atoms with van der Waals surface area (Å²) < 4.78 is 7.74. The summed E-state index contributed by atoms with van der Waals surface area (Å²) >= 11 is 0. The normalized spacial score (nSPS) is 11.6. The zero-order valence-corrected chi connectivity index (χ0v) is 12.9. The molecule has 0 unspecified atom stereocenters. The molecule has 3 heteroatoms. The van der Waals surface area contributed by atoms with Crippen LogP contribution in [0.1, 0.15) is 32.8 Å². The topological polar surface area (TPSA) is 26.2 Å². The first-order valence-electron chi connectivity index (χ1n) is 7.60. The van der Waals surface area contributed by atoms with Crippen molar-refractivity contribution >= 4 is 10.9 Å². The van der Waals surface area contributed by atoms with Crippen molar-refractivity contribution in [2.24, 2.45) is 0 Å². The zero-order valence-electron chi connectivity index (χ0n) is 12.9. The molecule has 2 rings (SSSR count). The molecule has 0 saturated carbocycles. The molecule has 3 nitrogen and oxygen atoms in total. The highest BCUT2D eigenvalue weighted by atomic mass is 16.5. The molecule has 0 atom stereocenters. The second kappa shape index (κ2) is 7.46. The van der Waals surface area contributed by atoms with E-state index >= 15 is 0 Å². The Kier molecular flexibility index (Phi) is 5.62. The molecule has 1 heterocycles. The summed E-state index contributed by atoms with van der Waals surface area (Å²) in [5.41, 5.74) is 2.70. The molecular formula is C17H26N2O. The number of rotatable bonds is 8. The number of benzene rings is 1. The van der Waals surface area contributed by atoms with Gasteiger partial charge < -0.3 is 14.6 Å². The minimum atomic E-state index is 0.513. The van der Waals surface area contributed by atoms with Crippen molar-refractivity contribution in [3.05, 3.63) is 36.0 Å². The van der Waals surface area contributed by atoms with Crippen LogP contribution in [0.4, 0.5) is 0 Å². The smallest absolute Gasteiger partial charge is 0.0483 e. The molecule has 0 radical (unpaired) electrons. The fourth-order valence-corrected chi connectivity index (χ4v) is 2.43. The second-order valence-corrected chi connectivity index (χ2v) is 5.45. The third kappa shape index (κ3) is 3.84. The monoisotopic (exact) mass is 274 g/mol. The Morgan fingerprint density at radius 2 is 2.10 bits per heavy atom. The van der Waals surface area contributed by atoms with Crippen molar-refractivity contribution in [1.82, 2.24) is 9.88 Å². The van der Waals surface area contributed by atoms with Crippen molar-refractivity contribution in [3.63, 3.8) is 0 Å². The number of nitrogens with zero attached hydrogens (tertiary/aromatic N) is 1. The number of fused-ring (bicyclic) bond motifs is 1. The molecule has 1 aromatic carbocycles. The van der Waals surface area contributed by atoms with Crippen LogP contribution in [0.2, 0.25) is 0 Å². The van der Waals surface area contributed by atoms with Crippen LogP contribution in [-0.4, -0.2) is 23.8 Å². The van der Waals surface area contributed by atoms with Gasteiger partial charge in [0.1, 0.15) is 0 Å². The first-order chi connectivity index (χ1) is 9.72. The Morgan fingerprint density at radius 1 is 1.25 bits per heavy atom. The lowest BCUT2D eigenvalue weighted by Gasteiger charge is -2.10.